The van der Waals surface area contributed by atoms with Crippen molar-refractivity contribution in [3.05, 3.63) is 24.0 Å². The van der Waals surface area contributed by atoms with E-state index in [4.69, 9.17) is 0 Å². The molecule has 0 aliphatic heterocycles. The fourth-order valence-corrected chi connectivity index (χ4v) is 2.88. The summed E-state index contributed by atoms with van der Waals surface area (Å²) >= 11 is 0. The fraction of sp³-hybridized carbons (Fsp3) is 0.571. The Bertz CT molecular complexity index is 682. The van der Waals surface area contributed by atoms with Gasteiger partial charge in [-0.2, -0.15) is 13.2 Å². The van der Waals surface area contributed by atoms with Crippen molar-refractivity contribution in [1.82, 2.24) is 9.71 Å². The van der Waals surface area contributed by atoms with E-state index in [9.17, 15) is 26.4 Å². The molecule has 1 aromatic rings. The number of alkyl halides is 3. The minimum absolute atomic E-state index is 0.260. The summed E-state index contributed by atoms with van der Waals surface area (Å²) in [5.74, 6) is -1.88. The maximum absolute atomic E-state index is 12.2. The predicted molar refractivity (Wildman–Crippen MR) is 81.1 cm³/mol. The number of nitrogens with zero attached hydrogens (tertiary/aromatic N) is 1. The van der Waals surface area contributed by atoms with E-state index in [1.54, 1.807) is 4.72 Å². The molecule has 6 nitrogen and oxygen atoms in total. The zero-order valence-corrected chi connectivity index (χ0v) is 14.3. The van der Waals surface area contributed by atoms with E-state index >= 15 is 0 Å². The molecule has 0 aliphatic rings. The lowest BCUT2D eigenvalue weighted by Gasteiger charge is -2.18. The minimum Gasteiger partial charge on any atom is -0.482 e. The molecule has 0 unspecified atom stereocenters. The van der Waals surface area contributed by atoms with Crippen molar-refractivity contribution in [1.29, 1.82) is 0 Å². The number of hydrogen-bond donors (Lipinski definition) is 1. The van der Waals surface area contributed by atoms with Crippen LogP contribution in [-0.2, 0) is 10.0 Å². The van der Waals surface area contributed by atoms with Gasteiger partial charge in [-0.25, -0.2) is 18.1 Å². The van der Waals surface area contributed by atoms with Crippen molar-refractivity contribution < 1.29 is 31.1 Å². The van der Waals surface area contributed by atoms with Gasteiger partial charge in [-0.3, -0.25) is 4.79 Å². The molecule has 1 aromatic heterocycles. The molecule has 0 aliphatic carbocycles. The van der Waals surface area contributed by atoms with Gasteiger partial charge in [0.05, 0.1) is 5.75 Å². The van der Waals surface area contributed by atoms with Crippen LogP contribution in [0.2, 0.25) is 0 Å². The second kappa shape index (κ2) is 7.37. The van der Waals surface area contributed by atoms with Gasteiger partial charge in [0.15, 0.2) is 18.1 Å². The van der Waals surface area contributed by atoms with Crippen molar-refractivity contribution in [2.75, 3.05) is 12.4 Å². The van der Waals surface area contributed by atoms with E-state index in [-0.39, 0.29) is 11.2 Å². The Morgan fingerprint density at radius 3 is 2.46 bits per heavy atom. The summed E-state index contributed by atoms with van der Waals surface area (Å²) in [4.78, 5) is 15.6. The molecular formula is C14H19F3N2O4S. The first kappa shape index (κ1) is 20.2. The molecule has 0 spiro atoms. The summed E-state index contributed by atoms with van der Waals surface area (Å²) in [6.45, 7) is 3.90. The number of aromatic nitrogens is 1. The van der Waals surface area contributed by atoms with E-state index in [1.165, 1.54) is 6.07 Å². The predicted octanol–water partition coefficient (Wildman–Crippen LogP) is 2.52. The quantitative estimate of drug-likeness (QED) is 0.834. The average Bonchev–Trinajstić information content (AvgIpc) is 2.41. The highest BCUT2D eigenvalue weighted by Gasteiger charge is 2.30. The summed E-state index contributed by atoms with van der Waals surface area (Å²) in [6, 6.07) is 2.38. The van der Waals surface area contributed by atoms with Crippen LogP contribution in [-0.4, -0.2) is 37.8 Å². The number of pyridine rings is 1. The molecule has 1 heterocycles. The normalized spacial score (nSPS) is 12.8. The summed E-state index contributed by atoms with van der Waals surface area (Å²) in [6.07, 6.45) is -3.14. The van der Waals surface area contributed by atoms with E-state index in [0.717, 1.165) is 12.3 Å². The molecule has 1 rings (SSSR count). The molecule has 0 bridgehead atoms. The number of carbonyl (C=O) groups is 1. The van der Waals surface area contributed by atoms with Gasteiger partial charge in [0.2, 0.25) is 10.0 Å². The van der Waals surface area contributed by atoms with Gasteiger partial charge in [-0.1, -0.05) is 20.8 Å². The second-order valence-corrected chi connectivity index (χ2v) is 8.16. The van der Waals surface area contributed by atoms with Crippen LogP contribution in [0.15, 0.2) is 18.3 Å². The number of halogens is 3. The molecule has 0 atom stereocenters. The minimum atomic E-state index is -4.59. The topological polar surface area (TPSA) is 85.4 Å². The van der Waals surface area contributed by atoms with Crippen molar-refractivity contribution in [3.63, 3.8) is 0 Å². The smallest absolute Gasteiger partial charge is 0.422 e. The molecular weight excluding hydrogens is 349 g/mol. The van der Waals surface area contributed by atoms with Gasteiger partial charge in [-0.15, -0.1) is 0 Å². The van der Waals surface area contributed by atoms with Gasteiger partial charge in [0.1, 0.15) is 0 Å². The van der Waals surface area contributed by atoms with E-state index in [0.29, 0.717) is 6.42 Å². The molecule has 136 valence electrons. The lowest BCUT2D eigenvalue weighted by Crippen LogP contribution is -2.34. The summed E-state index contributed by atoms with van der Waals surface area (Å²) in [5.41, 5.74) is -0.787. The number of hydrogen-bond acceptors (Lipinski definition) is 5. The van der Waals surface area contributed by atoms with Crippen LogP contribution in [0.5, 0.6) is 5.75 Å². The average molecular weight is 368 g/mol. The highest BCUT2D eigenvalue weighted by atomic mass is 32.2. The Labute approximate surface area is 138 Å². The molecule has 0 radical (unpaired) electrons. The maximum atomic E-state index is 12.2. The third-order valence-corrected chi connectivity index (χ3v) is 3.98. The van der Waals surface area contributed by atoms with Crippen LogP contribution in [0.4, 0.5) is 13.2 Å². The maximum Gasteiger partial charge on any atom is 0.422 e. The van der Waals surface area contributed by atoms with Crippen LogP contribution < -0.4 is 9.46 Å². The van der Waals surface area contributed by atoms with E-state index < -0.39 is 40.2 Å². The molecule has 0 saturated heterocycles. The Morgan fingerprint density at radius 1 is 1.29 bits per heavy atom. The molecule has 24 heavy (non-hydrogen) atoms. The number of ether oxygens (including phenoxy) is 1. The largest absolute Gasteiger partial charge is 0.482 e. The van der Waals surface area contributed by atoms with Crippen LogP contribution in [0.1, 0.15) is 37.7 Å². The highest BCUT2D eigenvalue weighted by Crippen LogP contribution is 2.21. The third-order valence-electron chi connectivity index (χ3n) is 2.75. The molecule has 0 fully saturated rings. The number of nitrogens with one attached hydrogen (secondary N) is 1. The second-order valence-electron chi connectivity index (χ2n) is 6.31. The van der Waals surface area contributed by atoms with Gasteiger partial charge >= 0.3 is 6.18 Å². The molecule has 10 heteroatoms. The number of rotatable bonds is 6. The molecule has 0 aromatic carbocycles. The molecule has 1 amide bonds. The van der Waals surface area contributed by atoms with Crippen LogP contribution in [0.25, 0.3) is 0 Å². The van der Waals surface area contributed by atoms with Crippen molar-refractivity contribution in [2.24, 2.45) is 5.41 Å². The first-order chi connectivity index (χ1) is 10.8. The zero-order chi connectivity index (χ0) is 18.6. The first-order valence-electron chi connectivity index (χ1n) is 6.98. The van der Waals surface area contributed by atoms with E-state index in [2.05, 4.69) is 9.72 Å². The number of amides is 1. The number of sulfonamides is 1. The Kier molecular flexibility index (Phi) is 6.20. The molecule has 1 N–H and O–H groups in total. The SMILES string of the molecule is CC(C)(C)CCS(=O)(=O)NC(=O)c1ncccc1OCC(F)(F)F. The zero-order valence-electron chi connectivity index (χ0n) is 13.5. The summed E-state index contributed by atoms with van der Waals surface area (Å²) in [7, 11) is -3.94. The standard InChI is InChI=1S/C14H19F3N2O4S/c1-13(2,3)6-8-24(21,22)19-12(20)11-10(5-4-7-18-11)23-9-14(15,16)17/h4-5,7H,6,8-9H2,1-3H3,(H,19,20). The fourth-order valence-electron chi connectivity index (χ4n) is 1.52. The van der Waals surface area contributed by atoms with Gasteiger partial charge in [0, 0.05) is 6.20 Å². The molecule has 0 saturated carbocycles. The van der Waals surface area contributed by atoms with Crippen LogP contribution in [0, 0.1) is 5.41 Å². The lowest BCUT2D eigenvalue weighted by molar-refractivity contribution is -0.153. The monoisotopic (exact) mass is 368 g/mol. The van der Waals surface area contributed by atoms with Gasteiger partial charge in [-0.05, 0) is 24.0 Å². The van der Waals surface area contributed by atoms with Gasteiger partial charge in [0.25, 0.3) is 5.91 Å². The van der Waals surface area contributed by atoms with Crippen molar-refractivity contribution in [2.45, 2.75) is 33.4 Å². The summed E-state index contributed by atoms with van der Waals surface area (Å²) in [5, 5.41) is 0. The highest BCUT2D eigenvalue weighted by molar-refractivity contribution is 7.90. The Balaban J connectivity index is 2.84. The van der Waals surface area contributed by atoms with Crippen LogP contribution >= 0.6 is 0 Å². The van der Waals surface area contributed by atoms with Crippen molar-refractivity contribution in [3.8, 4) is 5.75 Å². The first-order valence-corrected chi connectivity index (χ1v) is 8.64. The van der Waals surface area contributed by atoms with E-state index in [1.807, 2.05) is 20.8 Å². The van der Waals surface area contributed by atoms with Gasteiger partial charge < -0.3 is 4.74 Å². The number of carbonyl (C=O) groups excluding carboxylic acids is 1. The Hall–Kier alpha value is -1.84. The summed E-state index contributed by atoms with van der Waals surface area (Å²) < 4.78 is 66.8. The van der Waals surface area contributed by atoms with Crippen molar-refractivity contribution >= 4 is 15.9 Å². The third kappa shape index (κ3) is 7.62. The van der Waals surface area contributed by atoms with Crippen LogP contribution in [0.3, 0.4) is 0 Å². The lowest BCUT2D eigenvalue weighted by atomic mass is 9.94. The Morgan fingerprint density at radius 2 is 1.92 bits per heavy atom.